The molecule has 0 aromatic heterocycles. The number of hydrogen-bond acceptors (Lipinski definition) is 3. The van der Waals surface area contributed by atoms with Crippen molar-refractivity contribution >= 4 is 23.3 Å². The number of rotatable bonds is 3. The molecule has 1 aromatic rings. The van der Waals surface area contributed by atoms with Gasteiger partial charge in [-0.15, -0.1) is 0 Å². The summed E-state index contributed by atoms with van der Waals surface area (Å²) in [4.78, 5) is 12.1. The van der Waals surface area contributed by atoms with Gasteiger partial charge in [-0.1, -0.05) is 23.8 Å². The van der Waals surface area contributed by atoms with Gasteiger partial charge in [-0.3, -0.25) is 0 Å². The van der Waals surface area contributed by atoms with Crippen LogP contribution in [0.4, 0.5) is 10.5 Å². The predicted molar refractivity (Wildman–Crippen MR) is 80.9 cm³/mol. The first-order valence-corrected chi connectivity index (χ1v) is 7.35. The van der Waals surface area contributed by atoms with Crippen molar-refractivity contribution in [1.82, 2.24) is 5.32 Å². The van der Waals surface area contributed by atoms with Crippen LogP contribution in [0.25, 0.3) is 0 Å². The number of halogens is 1. The summed E-state index contributed by atoms with van der Waals surface area (Å²) in [7, 11) is 0. The molecule has 21 heavy (non-hydrogen) atoms. The average Bonchev–Trinajstić information content (AvgIpc) is 3.07. The van der Waals surface area contributed by atoms with Crippen molar-refractivity contribution in [2.45, 2.75) is 18.9 Å². The summed E-state index contributed by atoms with van der Waals surface area (Å²) in [5, 5.41) is 15.3. The molecule has 1 aliphatic heterocycles. The van der Waals surface area contributed by atoms with Crippen molar-refractivity contribution in [2.24, 2.45) is 5.92 Å². The molecule has 0 bridgehead atoms. The summed E-state index contributed by atoms with van der Waals surface area (Å²) in [5.74, 6) is 0.818. The SMILES string of the molecule is O=C(Nc1cc(Cl)cc2c1OCC2)N[C@@H]1C=C[C@H](CO)C1. The summed E-state index contributed by atoms with van der Waals surface area (Å²) in [5.41, 5.74) is 1.60. The molecule has 5 nitrogen and oxygen atoms in total. The number of aliphatic hydroxyl groups is 1. The first-order valence-electron chi connectivity index (χ1n) is 6.97. The van der Waals surface area contributed by atoms with Gasteiger partial charge in [0.1, 0.15) is 5.75 Å². The fourth-order valence-corrected chi connectivity index (χ4v) is 2.95. The van der Waals surface area contributed by atoms with Crippen molar-refractivity contribution in [3.05, 3.63) is 34.9 Å². The number of nitrogens with one attached hydrogen (secondary N) is 2. The zero-order valence-electron chi connectivity index (χ0n) is 11.4. The van der Waals surface area contributed by atoms with Crippen LogP contribution in [0.5, 0.6) is 5.75 Å². The van der Waals surface area contributed by atoms with E-state index in [1.165, 1.54) is 0 Å². The Kier molecular flexibility index (Phi) is 4.03. The van der Waals surface area contributed by atoms with E-state index in [2.05, 4.69) is 10.6 Å². The fourth-order valence-electron chi connectivity index (χ4n) is 2.71. The number of hydrogen-bond donors (Lipinski definition) is 3. The molecule has 0 spiro atoms. The van der Waals surface area contributed by atoms with Gasteiger partial charge in [-0.05, 0) is 18.6 Å². The lowest BCUT2D eigenvalue weighted by atomic mass is 10.1. The maximum absolute atomic E-state index is 12.1. The molecule has 2 atom stereocenters. The molecule has 2 amide bonds. The lowest BCUT2D eigenvalue weighted by Gasteiger charge is -2.15. The van der Waals surface area contributed by atoms with Crippen LogP contribution in [0.2, 0.25) is 5.02 Å². The van der Waals surface area contributed by atoms with Gasteiger partial charge in [-0.2, -0.15) is 0 Å². The molecule has 1 aliphatic carbocycles. The third-order valence-electron chi connectivity index (χ3n) is 3.72. The number of aliphatic hydroxyl groups excluding tert-OH is 1. The molecule has 112 valence electrons. The number of urea groups is 1. The summed E-state index contributed by atoms with van der Waals surface area (Å²) >= 11 is 6.05. The molecule has 1 aromatic carbocycles. The summed E-state index contributed by atoms with van der Waals surface area (Å²) < 4.78 is 5.54. The highest BCUT2D eigenvalue weighted by Gasteiger charge is 2.22. The van der Waals surface area contributed by atoms with Crippen LogP contribution < -0.4 is 15.4 Å². The molecule has 3 rings (SSSR count). The van der Waals surface area contributed by atoms with Crippen LogP contribution in [-0.4, -0.2) is 30.4 Å². The molecule has 0 fully saturated rings. The number of fused-ring (bicyclic) bond motifs is 1. The number of benzene rings is 1. The van der Waals surface area contributed by atoms with Gasteiger partial charge in [0.15, 0.2) is 0 Å². The van der Waals surface area contributed by atoms with E-state index in [9.17, 15) is 4.79 Å². The smallest absolute Gasteiger partial charge is 0.319 e. The third-order valence-corrected chi connectivity index (χ3v) is 3.94. The Morgan fingerprint density at radius 2 is 2.29 bits per heavy atom. The molecule has 2 aliphatic rings. The van der Waals surface area contributed by atoms with Crippen LogP contribution in [0.3, 0.4) is 0 Å². The third kappa shape index (κ3) is 3.14. The van der Waals surface area contributed by atoms with E-state index < -0.39 is 0 Å². The van der Waals surface area contributed by atoms with Crippen LogP contribution in [0, 0.1) is 5.92 Å². The van der Waals surface area contributed by atoms with Crippen molar-refractivity contribution in [3.8, 4) is 5.75 Å². The van der Waals surface area contributed by atoms with E-state index in [1.54, 1.807) is 6.07 Å². The van der Waals surface area contributed by atoms with Gasteiger partial charge in [-0.25, -0.2) is 4.79 Å². The highest BCUT2D eigenvalue weighted by Crippen LogP contribution is 2.36. The number of carbonyl (C=O) groups is 1. The van der Waals surface area contributed by atoms with Gasteiger partial charge in [0, 0.05) is 35.6 Å². The summed E-state index contributed by atoms with van der Waals surface area (Å²) in [6.07, 6.45) is 5.34. The van der Waals surface area contributed by atoms with Gasteiger partial charge in [0.2, 0.25) is 0 Å². The molecular weight excluding hydrogens is 292 g/mol. The van der Waals surface area contributed by atoms with E-state index >= 15 is 0 Å². The number of amides is 2. The Morgan fingerprint density at radius 3 is 3.05 bits per heavy atom. The van der Waals surface area contributed by atoms with Gasteiger partial charge < -0.3 is 20.5 Å². The van der Waals surface area contributed by atoms with Crippen LogP contribution in [0.15, 0.2) is 24.3 Å². The number of anilines is 1. The number of carbonyl (C=O) groups excluding carboxylic acids is 1. The van der Waals surface area contributed by atoms with E-state index in [0.717, 1.165) is 12.0 Å². The maximum Gasteiger partial charge on any atom is 0.319 e. The van der Waals surface area contributed by atoms with Gasteiger partial charge in [0.05, 0.1) is 12.3 Å². The minimum absolute atomic E-state index is 0.0599. The quantitative estimate of drug-likeness (QED) is 0.751. The Labute approximate surface area is 127 Å². The standard InChI is InChI=1S/C15H17ClN2O3/c16-11-6-10-3-4-21-14(10)13(7-11)18-15(20)17-12-2-1-9(5-12)8-19/h1-2,6-7,9,12,19H,3-5,8H2,(H2,17,18,20)/t9-,12+/m0/s1. The van der Waals surface area contributed by atoms with Crippen LogP contribution in [-0.2, 0) is 6.42 Å². The molecular formula is C15H17ClN2O3. The van der Waals surface area contributed by atoms with Crippen molar-refractivity contribution in [2.75, 3.05) is 18.5 Å². The summed E-state index contributed by atoms with van der Waals surface area (Å²) in [6, 6.07) is 3.18. The molecule has 0 radical (unpaired) electrons. The highest BCUT2D eigenvalue weighted by atomic mass is 35.5. The van der Waals surface area contributed by atoms with Gasteiger partial charge in [0.25, 0.3) is 0 Å². The van der Waals surface area contributed by atoms with Crippen molar-refractivity contribution < 1.29 is 14.6 Å². The van der Waals surface area contributed by atoms with E-state index in [-0.39, 0.29) is 24.6 Å². The Hall–Kier alpha value is -1.72. The second kappa shape index (κ2) is 5.95. The molecule has 3 N–H and O–H groups in total. The molecule has 6 heteroatoms. The largest absolute Gasteiger partial charge is 0.491 e. The maximum atomic E-state index is 12.1. The summed E-state index contributed by atoms with van der Waals surface area (Å²) in [6.45, 7) is 0.710. The first kappa shape index (κ1) is 14.2. The first-order chi connectivity index (χ1) is 10.2. The fraction of sp³-hybridized carbons (Fsp3) is 0.400. The minimum atomic E-state index is -0.303. The molecule has 0 unspecified atom stereocenters. The monoisotopic (exact) mass is 308 g/mol. The molecule has 0 saturated heterocycles. The Morgan fingerprint density at radius 1 is 1.43 bits per heavy atom. The zero-order valence-corrected chi connectivity index (χ0v) is 12.2. The van der Waals surface area contributed by atoms with E-state index in [4.69, 9.17) is 21.4 Å². The lowest BCUT2D eigenvalue weighted by Crippen LogP contribution is -2.36. The van der Waals surface area contributed by atoms with Crippen LogP contribution in [0.1, 0.15) is 12.0 Å². The van der Waals surface area contributed by atoms with E-state index in [1.807, 2.05) is 18.2 Å². The zero-order chi connectivity index (χ0) is 14.8. The van der Waals surface area contributed by atoms with Crippen LogP contribution >= 0.6 is 11.6 Å². The number of ether oxygens (including phenoxy) is 1. The Balaban J connectivity index is 1.65. The molecule has 1 heterocycles. The second-order valence-electron chi connectivity index (χ2n) is 5.31. The predicted octanol–water partition coefficient (Wildman–Crippen LogP) is 2.33. The topological polar surface area (TPSA) is 70.6 Å². The van der Waals surface area contributed by atoms with Crippen molar-refractivity contribution in [1.29, 1.82) is 0 Å². The Bertz CT molecular complexity index is 589. The molecule has 0 saturated carbocycles. The minimum Gasteiger partial charge on any atom is -0.491 e. The lowest BCUT2D eigenvalue weighted by molar-refractivity contribution is 0.238. The normalized spacial score (nSPS) is 22.8. The van der Waals surface area contributed by atoms with Crippen molar-refractivity contribution in [3.63, 3.8) is 0 Å². The average molecular weight is 309 g/mol. The second-order valence-corrected chi connectivity index (χ2v) is 5.74. The van der Waals surface area contributed by atoms with E-state index in [0.29, 0.717) is 29.5 Å². The van der Waals surface area contributed by atoms with Gasteiger partial charge >= 0.3 is 6.03 Å². The highest BCUT2D eigenvalue weighted by molar-refractivity contribution is 6.31.